The normalized spacial score (nSPS) is 11.5. The number of rotatable bonds is 8. The zero-order valence-corrected chi connectivity index (χ0v) is 18.6. The Hall–Kier alpha value is -3.80. The van der Waals surface area contributed by atoms with Crippen molar-refractivity contribution in [3.8, 4) is 5.75 Å². The first-order valence-electron chi connectivity index (χ1n) is 10.8. The maximum atomic E-state index is 5.20. The highest BCUT2D eigenvalue weighted by Gasteiger charge is 2.04. The molecule has 6 heteroatoms. The van der Waals surface area contributed by atoms with Gasteiger partial charge in [-0.2, -0.15) is 0 Å². The lowest BCUT2D eigenvalue weighted by molar-refractivity contribution is 0.414. The zero-order valence-electron chi connectivity index (χ0n) is 18.6. The maximum absolute atomic E-state index is 5.20. The molecule has 3 aromatic carbocycles. The predicted octanol–water partition coefficient (Wildman–Crippen LogP) is 4.00. The van der Waals surface area contributed by atoms with Gasteiger partial charge < -0.3 is 19.9 Å². The highest BCUT2D eigenvalue weighted by molar-refractivity contribution is 5.79. The predicted molar refractivity (Wildman–Crippen MR) is 130 cm³/mol. The summed E-state index contributed by atoms with van der Waals surface area (Å²) < 4.78 is 7.38. The van der Waals surface area contributed by atoms with Crippen LogP contribution in [0.5, 0.6) is 5.75 Å². The number of aliphatic imine (C=N–C) groups is 1. The Morgan fingerprint density at radius 1 is 0.906 bits per heavy atom. The van der Waals surface area contributed by atoms with E-state index >= 15 is 0 Å². The first-order valence-corrected chi connectivity index (χ1v) is 10.8. The first kappa shape index (κ1) is 21.4. The Balaban J connectivity index is 1.25. The van der Waals surface area contributed by atoms with Gasteiger partial charge >= 0.3 is 0 Å². The summed E-state index contributed by atoms with van der Waals surface area (Å²) in [5.41, 5.74) is 5.90. The summed E-state index contributed by atoms with van der Waals surface area (Å²) in [6.45, 7) is 2.34. The summed E-state index contributed by atoms with van der Waals surface area (Å²) in [7, 11) is 3.47. The van der Waals surface area contributed by atoms with E-state index in [2.05, 4.69) is 67.6 Å². The van der Waals surface area contributed by atoms with E-state index in [-0.39, 0.29) is 0 Å². The van der Waals surface area contributed by atoms with Crippen molar-refractivity contribution in [2.24, 2.45) is 4.99 Å². The van der Waals surface area contributed by atoms with Gasteiger partial charge in [-0.1, -0.05) is 48.5 Å². The van der Waals surface area contributed by atoms with Crippen LogP contribution < -0.4 is 15.4 Å². The van der Waals surface area contributed by atoms with E-state index in [4.69, 9.17) is 4.74 Å². The van der Waals surface area contributed by atoms with Crippen LogP contribution in [0.1, 0.15) is 16.7 Å². The van der Waals surface area contributed by atoms with Gasteiger partial charge in [0.1, 0.15) is 5.75 Å². The van der Waals surface area contributed by atoms with Crippen LogP contribution in [0.3, 0.4) is 0 Å². The second-order valence-electron chi connectivity index (χ2n) is 7.63. The molecule has 0 atom stereocenters. The van der Waals surface area contributed by atoms with Crippen LogP contribution in [0.4, 0.5) is 0 Å². The summed E-state index contributed by atoms with van der Waals surface area (Å²) in [6, 6.07) is 25.0. The van der Waals surface area contributed by atoms with Crippen molar-refractivity contribution in [2.75, 3.05) is 20.7 Å². The largest absolute Gasteiger partial charge is 0.497 e. The third-order valence-corrected chi connectivity index (χ3v) is 5.45. The van der Waals surface area contributed by atoms with E-state index in [0.717, 1.165) is 48.8 Å². The van der Waals surface area contributed by atoms with Crippen LogP contribution in [-0.2, 0) is 19.5 Å². The minimum atomic E-state index is 0.719. The molecule has 4 rings (SSSR count). The minimum Gasteiger partial charge on any atom is -0.497 e. The van der Waals surface area contributed by atoms with E-state index in [0.29, 0.717) is 0 Å². The molecule has 0 unspecified atom stereocenters. The molecule has 0 bridgehead atoms. The monoisotopic (exact) mass is 427 g/mol. The molecule has 4 aromatic rings. The number of benzene rings is 3. The molecule has 0 amide bonds. The van der Waals surface area contributed by atoms with Crippen LogP contribution in [-0.4, -0.2) is 36.2 Å². The van der Waals surface area contributed by atoms with Gasteiger partial charge in [0.25, 0.3) is 0 Å². The lowest BCUT2D eigenvalue weighted by Gasteiger charge is -2.12. The Bertz CT molecular complexity index is 1160. The molecule has 164 valence electrons. The minimum absolute atomic E-state index is 0.719. The van der Waals surface area contributed by atoms with Crippen LogP contribution in [0.25, 0.3) is 11.0 Å². The van der Waals surface area contributed by atoms with Crippen LogP contribution in [0.2, 0.25) is 0 Å². The van der Waals surface area contributed by atoms with E-state index in [1.54, 1.807) is 14.2 Å². The number of methoxy groups -OCH3 is 1. The highest BCUT2D eigenvalue weighted by atomic mass is 16.5. The Labute approximate surface area is 189 Å². The van der Waals surface area contributed by atoms with Crippen molar-refractivity contribution < 1.29 is 4.74 Å². The molecule has 1 heterocycles. The number of fused-ring (bicyclic) bond motifs is 1. The number of nitrogens with one attached hydrogen (secondary N) is 2. The quantitative estimate of drug-likeness (QED) is 0.330. The number of hydrogen-bond donors (Lipinski definition) is 2. The van der Waals surface area contributed by atoms with Gasteiger partial charge in [-0.15, -0.1) is 0 Å². The number of ether oxygens (including phenoxy) is 1. The molecule has 2 N–H and O–H groups in total. The Kier molecular flexibility index (Phi) is 7.02. The fourth-order valence-corrected chi connectivity index (χ4v) is 3.62. The number of para-hydroxylation sites is 2. The van der Waals surface area contributed by atoms with Gasteiger partial charge in [-0.3, -0.25) is 4.99 Å². The molecule has 0 fully saturated rings. The van der Waals surface area contributed by atoms with Crippen LogP contribution in [0, 0.1) is 0 Å². The lowest BCUT2D eigenvalue weighted by Crippen LogP contribution is -2.37. The van der Waals surface area contributed by atoms with E-state index in [9.17, 15) is 0 Å². The van der Waals surface area contributed by atoms with Crippen molar-refractivity contribution in [2.45, 2.75) is 19.5 Å². The van der Waals surface area contributed by atoms with Crippen molar-refractivity contribution in [3.63, 3.8) is 0 Å². The summed E-state index contributed by atoms with van der Waals surface area (Å²) in [6.07, 6.45) is 2.82. The molecule has 0 spiro atoms. The molecular formula is C26H29N5O. The molecular weight excluding hydrogens is 398 g/mol. The van der Waals surface area contributed by atoms with Crippen LogP contribution in [0.15, 0.2) is 84.1 Å². The third-order valence-electron chi connectivity index (χ3n) is 5.45. The SMILES string of the molecule is CN=C(NCCc1ccc(OC)cc1)NCc1ccc(Cn2cnc3ccccc32)cc1. The standard InChI is InChI=1S/C26H29N5O/c1-27-26(28-16-15-20-11-13-23(32-2)14-12-20)29-17-21-7-9-22(10-8-21)18-31-19-30-24-5-3-4-6-25(24)31/h3-14,19H,15-18H2,1-2H3,(H2,27,28,29). The number of imidazole rings is 1. The van der Waals surface area contributed by atoms with Gasteiger partial charge in [0.15, 0.2) is 5.96 Å². The fourth-order valence-electron chi connectivity index (χ4n) is 3.62. The van der Waals surface area contributed by atoms with Gasteiger partial charge in [0, 0.05) is 26.7 Å². The Morgan fingerprint density at radius 2 is 1.62 bits per heavy atom. The smallest absolute Gasteiger partial charge is 0.191 e. The summed E-state index contributed by atoms with van der Waals surface area (Å²) in [4.78, 5) is 8.79. The van der Waals surface area contributed by atoms with Gasteiger partial charge in [0.05, 0.1) is 24.5 Å². The van der Waals surface area contributed by atoms with E-state index < -0.39 is 0 Å². The van der Waals surface area contributed by atoms with Gasteiger partial charge in [-0.05, 0) is 47.4 Å². The summed E-state index contributed by atoms with van der Waals surface area (Å²) in [5.74, 6) is 1.68. The third kappa shape index (κ3) is 5.46. The van der Waals surface area contributed by atoms with Gasteiger partial charge in [-0.25, -0.2) is 4.98 Å². The summed E-state index contributed by atoms with van der Waals surface area (Å²) in [5, 5.41) is 6.76. The van der Waals surface area contributed by atoms with E-state index in [1.807, 2.05) is 36.7 Å². The lowest BCUT2D eigenvalue weighted by atomic mass is 10.1. The average Bonchev–Trinajstić information content (AvgIpc) is 3.25. The molecule has 32 heavy (non-hydrogen) atoms. The number of nitrogens with zero attached hydrogens (tertiary/aromatic N) is 3. The van der Waals surface area contributed by atoms with Crippen molar-refractivity contribution >= 4 is 17.0 Å². The molecule has 0 aliphatic heterocycles. The second kappa shape index (κ2) is 10.5. The van der Waals surface area contributed by atoms with E-state index in [1.165, 1.54) is 16.7 Å². The number of guanidine groups is 1. The van der Waals surface area contributed by atoms with Crippen molar-refractivity contribution in [3.05, 3.63) is 95.8 Å². The molecule has 0 saturated heterocycles. The van der Waals surface area contributed by atoms with Gasteiger partial charge in [0.2, 0.25) is 0 Å². The number of hydrogen-bond acceptors (Lipinski definition) is 3. The first-order chi connectivity index (χ1) is 15.7. The molecule has 6 nitrogen and oxygen atoms in total. The molecule has 0 aliphatic rings. The fraction of sp³-hybridized carbons (Fsp3) is 0.231. The molecule has 0 aliphatic carbocycles. The molecule has 0 radical (unpaired) electrons. The Morgan fingerprint density at radius 3 is 2.38 bits per heavy atom. The van der Waals surface area contributed by atoms with Crippen molar-refractivity contribution in [1.82, 2.24) is 20.2 Å². The number of aromatic nitrogens is 2. The maximum Gasteiger partial charge on any atom is 0.191 e. The van der Waals surface area contributed by atoms with Crippen molar-refractivity contribution in [1.29, 1.82) is 0 Å². The van der Waals surface area contributed by atoms with Crippen LogP contribution >= 0.6 is 0 Å². The molecule has 1 aromatic heterocycles. The zero-order chi connectivity index (χ0) is 22.2. The highest BCUT2D eigenvalue weighted by Crippen LogP contribution is 2.15. The second-order valence-corrected chi connectivity index (χ2v) is 7.63. The molecule has 0 saturated carbocycles. The summed E-state index contributed by atoms with van der Waals surface area (Å²) >= 11 is 0. The topological polar surface area (TPSA) is 63.5 Å². The average molecular weight is 428 g/mol.